The van der Waals surface area contributed by atoms with Gasteiger partial charge in [-0.2, -0.15) is 0 Å². The third-order valence-corrected chi connectivity index (χ3v) is 4.06. The van der Waals surface area contributed by atoms with Gasteiger partial charge < -0.3 is 14.5 Å². The smallest absolute Gasteiger partial charge is 0.410 e. The average molecular weight is 332 g/mol. The lowest BCUT2D eigenvalue weighted by Crippen LogP contribution is -2.45. The van der Waals surface area contributed by atoms with Crippen molar-refractivity contribution in [3.63, 3.8) is 0 Å². The Morgan fingerprint density at radius 3 is 2.54 bits per heavy atom. The molecule has 2 rings (SSSR count). The minimum Gasteiger partial charge on any atom is -0.444 e. The molecule has 0 N–H and O–H groups in total. The number of piperidine rings is 1. The predicted octanol–water partition coefficient (Wildman–Crippen LogP) is 3.41. The fourth-order valence-electron chi connectivity index (χ4n) is 2.96. The number of carbonyl (C=O) groups excluding carboxylic acids is 2. The SMILES string of the molecule is CN(CC1CCCN(C(=O)c2ccccc2)C1)C(=O)OC(C)(C)C. The zero-order chi connectivity index (χ0) is 17.7. The van der Waals surface area contributed by atoms with E-state index in [9.17, 15) is 9.59 Å². The quantitative estimate of drug-likeness (QED) is 0.852. The molecular formula is C19H28N2O3. The Labute approximate surface area is 144 Å². The van der Waals surface area contributed by atoms with Crippen molar-refractivity contribution in [2.45, 2.75) is 39.2 Å². The highest BCUT2D eigenvalue weighted by Crippen LogP contribution is 2.20. The second-order valence-corrected chi connectivity index (χ2v) is 7.49. The van der Waals surface area contributed by atoms with Crippen molar-refractivity contribution in [3.05, 3.63) is 35.9 Å². The van der Waals surface area contributed by atoms with E-state index in [-0.39, 0.29) is 17.9 Å². The van der Waals surface area contributed by atoms with Gasteiger partial charge in [-0.3, -0.25) is 4.79 Å². The number of amides is 2. The summed E-state index contributed by atoms with van der Waals surface area (Å²) in [6.07, 6.45) is 1.67. The molecule has 0 bridgehead atoms. The maximum absolute atomic E-state index is 12.6. The Bertz CT molecular complexity index is 566. The molecule has 0 radical (unpaired) electrons. The summed E-state index contributed by atoms with van der Waals surface area (Å²) < 4.78 is 5.39. The summed E-state index contributed by atoms with van der Waals surface area (Å²) in [4.78, 5) is 28.2. The molecule has 1 saturated heterocycles. The van der Waals surface area contributed by atoms with Crippen molar-refractivity contribution in [1.82, 2.24) is 9.80 Å². The van der Waals surface area contributed by atoms with Crippen LogP contribution in [0.15, 0.2) is 30.3 Å². The van der Waals surface area contributed by atoms with Crippen molar-refractivity contribution in [3.8, 4) is 0 Å². The Morgan fingerprint density at radius 2 is 1.92 bits per heavy atom. The highest BCUT2D eigenvalue weighted by atomic mass is 16.6. The third kappa shape index (κ3) is 5.25. The van der Waals surface area contributed by atoms with Gasteiger partial charge in [0.05, 0.1) is 0 Å². The van der Waals surface area contributed by atoms with Crippen LogP contribution in [0.5, 0.6) is 0 Å². The molecule has 0 aromatic heterocycles. The van der Waals surface area contributed by atoms with E-state index in [0.29, 0.717) is 13.1 Å². The lowest BCUT2D eigenvalue weighted by Gasteiger charge is -2.35. The van der Waals surface area contributed by atoms with Crippen LogP contribution in [0.4, 0.5) is 4.79 Å². The van der Waals surface area contributed by atoms with Crippen LogP contribution in [0.3, 0.4) is 0 Å². The molecule has 2 amide bonds. The molecule has 1 unspecified atom stereocenters. The van der Waals surface area contributed by atoms with Gasteiger partial charge in [0.25, 0.3) is 5.91 Å². The maximum Gasteiger partial charge on any atom is 0.410 e. The number of benzene rings is 1. The van der Waals surface area contributed by atoms with Crippen LogP contribution in [0.1, 0.15) is 44.0 Å². The largest absolute Gasteiger partial charge is 0.444 e. The fourth-order valence-corrected chi connectivity index (χ4v) is 2.96. The second kappa shape index (κ2) is 7.69. The lowest BCUT2D eigenvalue weighted by molar-refractivity contribution is 0.0244. The van der Waals surface area contributed by atoms with Gasteiger partial charge in [0.2, 0.25) is 0 Å². The summed E-state index contributed by atoms with van der Waals surface area (Å²) in [5.41, 5.74) is 0.228. The number of hydrogen-bond acceptors (Lipinski definition) is 3. The molecule has 5 heteroatoms. The molecule has 0 saturated carbocycles. The highest BCUT2D eigenvalue weighted by molar-refractivity contribution is 5.94. The van der Waals surface area contributed by atoms with E-state index in [0.717, 1.165) is 24.9 Å². The highest BCUT2D eigenvalue weighted by Gasteiger charge is 2.27. The predicted molar refractivity (Wildman–Crippen MR) is 93.9 cm³/mol. The average Bonchev–Trinajstić information content (AvgIpc) is 2.53. The molecule has 1 aromatic rings. The van der Waals surface area contributed by atoms with Gasteiger partial charge in [-0.15, -0.1) is 0 Å². The van der Waals surface area contributed by atoms with E-state index < -0.39 is 5.60 Å². The number of likely N-dealkylation sites (tertiary alicyclic amines) is 1. The van der Waals surface area contributed by atoms with Crippen molar-refractivity contribution < 1.29 is 14.3 Å². The summed E-state index contributed by atoms with van der Waals surface area (Å²) in [5.74, 6) is 0.351. The fraction of sp³-hybridized carbons (Fsp3) is 0.579. The van der Waals surface area contributed by atoms with E-state index in [1.807, 2.05) is 56.0 Å². The van der Waals surface area contributed by atoms with E-state index in [2.05, 4.69) is 0 Å². The van der Waals surface area contributed by atoms with Crippen LogP contribution in [-0.2, 0) is 4.74 Å². The first kappa shape index (κ1) is 18.3. The van der Waals surface area contributed by atoms with Crippen LogP contribution >= 0.6 is 0 Å². The van der Waals surface area contributed by atoms with Gasteiger partial charge in [-0.1, -0.05) is 18.2 Å². The van der Waals surface area contributed by atoms with Gasteiger partial charge in [0.1, 0.15) is 5.60 Å². The third-order valence-electron chi connectivity index (χ3n) is 4.06. The molecule has 1 aromatic carbocycles. The van der Waals surface area contributed by atoms with E-state index in [1.165, 1.54) is 0 Å². The Hall–Kier alpha value is -2.04. The summed E-state index contributed by atoms with van der Waals surface area (Å²) >= 11 is 0. The molecule has 0 aliphatic carbocycles. The topological polar surface area (TPSA) is 49.9 Å². The molecule has 1 aliphatic heterocycles. The first-order valence-corrected chi connectivity index (χ1v) is 8.55. The Balaban J connectivity index is 1.91. The Kier molecular flexibility index (Phi) is 5.86. The van der Waals surface area contributed by atoms with Crippen molar-refractivity contribution in [2.24, 2.45) is 5.92 Å². The molecule has 132 valence electrons. The number of carbonyl (C=O) groups is 2. The van der Waals surface area contributed by atoms with Crippen LogP contribution in [0.25, 0.3) is 0 Å². The van der Waals surface area contributed by atoms with Crippen LogP contribution in [0.2, 0.25) is 0 Å². The van der Waals surface area contributed by atoms with Crippen LogP contribution in [0, 0.1) is 5.92 Å². The number of hydrogen-bond donors (Lipinski definition) is 0. The van der Waals surface area contributed by atoms with Gasteiger partial charge in [0, 0.05) is 32.2 Å². The normalized spacial score (nSPS) is 18.2. The first-order valence-electron chi connectivity index (χ1n) is 8.55. The van der Waals surface area contributed by atoms with E-state index in [1.54, 1.807) is 11.9 Å². The molecule has 1 atom stereocenters. The molecule has 1 heterocycles. The standard InChI is InChI=1S/C19H28N2O3/c1-19(2,3)24-18(23)20(4)13-15-9-8-12-21(14-15)17(22)16-10-6-5-7-11-16/h5-7,10-11,15H,8-9,12-14H2,1-4H3. The summed E-state index contributed by atoms with van der Waals surface area (Å²) in [6, 6.07) is 9.36. The molecule has 24 heavy (non-hydrogen) atoms. The summed E-state index contributed by atoms with van der Waals surface area (Å²) in [7, 11) is 1.76. The van der Waals surface area contributed by atoms with Gasteiger partial charge >= 0.3 is 6.09 Å². The second-order valence-electron chi connectivity index (χ2n) is 7.49. The Morgan fingerprint density at radius 1 is 1.25 bits per heavy atom. The van der Waals surface area contributed by atoms with Gasteiger partial charge in [-0.25, -0.2) is 4.79 Å². The van der Waals surface area contributed by atoms with Gasteiger partial charge in [0.15, 0.2) is 0 Å². The maximum atomic E-state index is 12.6. The number of nitrogens with zero attached hydrogens (tertiary/aromatic N) is 2. The minimum absolute atomic E-state index is 0.0696. The monoisotopic (exact) mass is 332 g/mol. The molecule has 1 aliphatic rings. The number of ether oxygens (including phenoxy) is 1. The molecule has 1 fully saturated rings. The minimum atomic E-state index is -0.493. The van der Waals surface area contributed by atoms with Gasteiger partial charge in [-0.05, 0) is 51.7 Å². The number of rotatable bonds is 3. The zero-order valence-corrected chi connectivity index (χ0v) is 15.1. The van der Waals surface area contributed by atoms with Crippen LogP contribution in [-0.4, -0.2) is 54.1 Å². The van der Waals surface area contributed by atoms with E-state index in [4.69, 9.17) is 4.74 Å². The summed E-state index contributed by atoms with van der Waals surface area (Å²) in [5, 5.41) is 0. The molecule has 5 nitrogen and oxygen atoms in total. The van der Waals surface area contributed by atoms with Crippen molar-refractivity contribution in [1.29, 1.82) is 0 Å². The zero-order valence-electron chi connectivity index (χ0n) is 15.1. The first-order chi connectivity index (χ1) is 11.3. The molecule has 0 spiro atoms. The lowest BCUT2D eigenvalue weighted by atomic mass is 9.97. The van der Waals surface area contributed by atoms with Crippen molar-refractivity contribution >= 4 is 12.0 Å². The van der Waals surface area contributed by atoms with Crippen LogP contribution < -0.4 is 0 Å². The summed E-state index contributed by atoms with van der Waals surface area (Å²) in [6.45, 7) is 7.65. The molecular weight excluding hydrogens is 304 g/mol. The van der Waals surface area contributed by atoms with E-state index >= 15 is 0 Å². The van der Waals surface area contributed by atoms with Crippen molar-refractivity contribution in [2.75, 3.05) is 26.7 Å².